The summed E-state index contributed by atoms with van der Waals surface area (Å²) in [7, 11) is 0. The standard InChI is InChI=1S/C13H21BrN2O/c1-3-5-6-16-12-9-13(17-7-4-2)10(14)8-11(12)15/h8-9,16H,3-7,15H2,1-2H3. The summed E-state index contributed by atoms with van der Waals surface area (Å²) in [5, 5.41) is 3.33. The second kappa shape index (κ2) is 7.43. The quantitative estimate of drug-likeness (QED) is 0.590. The molecule has 3 N–H and O–H groups in total. The molecule has 0 aliphatic rings. The summed E-state index contributed by atoms with van der Waals surface area (Å²) in [6.07, 6.45) is 3.30. The molecule has 0 aliphatic carbocycles. The molecule has 0 aliphatic heterocycles. The number of anilines is 2. The van der Waals surface area contributed by atoms with Crippen LogP contribution in [-0.2, 0) is 0 Å². The Morgan fingerprint density at radius 3 is 2.71 bits per heavy atom. The van der Waals surface area contributed by atoms with Gasteiger partial charge in [-0.3, -0.25) is 0 Å². The average Bonchev–Trinajstić information content (AvgIpc) is 2.31. The molecule has 1 aromatic carbocycles. The van der Waals surface area contributed by atoms with E-state index in [1.54, 1.807) is 0 Å². The third-order valence-corrected chi connectivity index (χ3v) is 3.03. The fraction of sp³-hybridized carbons (Fsp3) is 0.538. The molecule has 4 heteroatoms. The monoisotopic (exact) mass is 300 g/mol. The predicted molar refractivity (Wildman–Crippen MR) is 77.7 cm³/mol. The molecule has 0 bridgehead atoms. The summed E-state index contributed by atoms with van der Waals surface area (Å²) in [6, 6.07) is 3.85. The number of halogens is 1. The van der Waals surface area contributed by atoms with E-state index in [-0.39, 0.29) is 0 Å². The fourth-order valence-electron chi connectivity index (χ4n) is 1.44. The van der Waals surface area contributed by atoms with E-state index in [0.717, 1.165) is 47.6 Å². The lowest BCUT2D eigenvalue weighted by Gasteiger charge is -2.13. The van der Waals surface area contributed by atoms with Gasteiger partial charge in [-0.1, -0.05) is 20.3 Å². The highest BCUT2D eigenvalue weighted by atomic mass is 79.9. The highest BCUT2D eigenvalue weighted by Gasteiger charge is 2.06. The van der Waals surface area contributed by atoms with Crippen LogP contribution in [-0.4, -0.2) is 13.2 Å². The zero-order chi connectivity index (χ0) is 12.7. The summed E-state index contributed by atoms with van der Waals surface area (Å²) in [4.78, 5) is 0. The van der Waals surface area contributed by atoms with Gasteiger partial charge in [0.1, 0.15) is 5.75 Å². The van der Waals surface area contributed by atoms with Gasteiger partial charge >= 0.3 is 0 Å². The van der Waals surface area contributed by atoms with Crippen molar-refractivity contribution in [2.75, 3.05) is 24.2 Å². The lowest BCUT2D eigenvalue weighted by Crippen LogP contribution is -2.05. The number of nitrogens with two attached hydrogens (primary N) is 1. The Bertz CT molecular complexity index is 356. The van der Waals surface area contributed by atoms with E-state index in [2.05, 4.69) is 35.1 Å². The maximum Gasteiger partial charge on any atom is 0.135 e. The van der Waals surface area contributed by atoms with Crippen LogP contribution in [0, 0.1) is 0 Å². The molecule has 0 heterocycles. The normalized spacial score (nSPS) is 10.3. The van der Waals surface area contributed by atoms with Crippen molar-refractivity contribution in [3.63, 3.8) is 0 Å². The molecule has 0 spiro atoms. The summed E-state index contributed by atoms with van der Waals surface area (Å²) < 4.78 is 6.55. The molecule has 0 saturated carbocycles. The number of nitrogens with one attached hydrogen (secondary N) is 1. The lowest BCUT2D eigenvalue weighted by atomic mass is 10.2. The van der Waals surface area contributed by atoms with Crippen molar-refractivity contribution in [1.82, 2.24) is 0 Å². The first-order chi connectivity index (χ1) is 8.19. The first-order valence-corrected chi connectivity index (χ1v) is 6.94. The van der Waals surface area contributed by atoms with Crippen LogP contribution in [0.4, 0.5) is 11.4 Å². The van der Waals surface area contributed by atoms with Crippen LogP contribution in [0.1, 0.15) is 33.1 Å². The maximum absolute atomic E-state index is 5.95. The fourth-order valence-corrected chi connectivity index (χ4v) is 1.92. The largest absolute Gasteiger partial charge is 0.492 e. The Kier molecular flexibility index (Phi) is 6.19. The topological polar surface area (TPSA) is 47.3 Å². The number of hydrogen-bond acceptors (Lipinski definition) is 3. The summed E-state index contributed by atoms with van der Waals surface area (Å²) in [5.41, 5.74) is 7.65. The van der Waals surface area contributed by atoms with Crippen molar-refractivity contribution in [3.05, 3.63) is 16.6 Å². The van der Waals surface area contributed by atoms with Crippen molar-refractivity contribution < 1.29 is 4.74 Å². The van der Waals surface area contributed by atoms with Gasteiger partial charge in [0.2, 0.25) is 0 Å². The predicted octanol–water partition coefficient (Wildman–Crippen LogP) is 4.03. The van der Waals surface area contributed by atoms with Crippen LogP contribution in [0.5, 0.6) is 5.75 Å². The molecule has 0 aromatic heterocycles. The summed E-state index contributed by atoms with van der Waals surface area (Å²) in [5.74, 6) is 0.847. The molecule has 0 saturated heterocycles. The van der Waals surface area contributed by atoms with Crippen LogP contribution < -0.4 is 15.8 Å². The van der Waals surface area contributed by atoms with Crippen molar-refractivity contribution in [1.29, 1.82) is 0 Å². The third-order valence-electron chi connectivity index (χ3n) is 2.41. The second-order valence-electron chi connectivity index (χ2n) is 4.00. The van der Waals surface area contributed by atoms with Crippen molar-refractivity contribution in [2.24, 2.45) is 0 Å². The van der Waals surface area contributed by atoms with Crippen LogP contribution in [0.3, 0.4) is 0 Å². The molecule has 0 amide bonds. The minimum absolute atomic E-state index is 0.719. The highest BCUT2D eigenvalue weighted by Crippen LogP contribution is 2.33. The van der Waals surface area contributed by atoms with Gasteiger partial charge in [-0.2, -0.15) is 0 Å². The molecule has 1 aromatic rings. The first-order valence-electron chi connectivity index (χ1n) is 6.14. The van der Waals surface area contributed by atoms with Crippen molar-refractivity contribution in [2.45, 2.75) is 33.1 Å². The number of hydrogen-bond donors (Lipinski definition) is 2. The SMILES string of the molecule is CCCCNc1cc(OCCC)c(Br)cc1N. The number of unbranched alkanes of at least 4 members (excludes halogenated alkanes) is 1. The van der Waals surface area contributed by atoms with Gasteiger partial charge in [-0.25, -0.2) is 0 Å². The molecule has 0 fully saturated rings. The Hall–Kier alpha value is -0.900. The molecule has 0 radical (unpaired) electrons. The van der Waals surface area contributed by atoms with Gasteiger partial charge < -0.3 is 15.8 Å². The van der Waals surface area contributed by atoms with Crippen LogP contribution in [0.15, 0.2) is 16.6 Å². The third kappa shape index (κ3) is 4.46. The van der Waals surface area contributed by atoms with E-state index in [4.69, 9.17) is 10.5 Å². The second-order valence-corrected chi connectivity index (χ2v) is 4.85. The Morgan fingerprint density at radius 2 is 2.06 bits per heavy atom. The van der Waals surface area contributed by atoms with Gasteiger partial charge in [0.05, 0.1) is 22.5 Å². The van der Waals surface area contributed by atoms with Gasteiger partial charge in [0, 0.05) is 12.6 Å². The van der Waals surface area contributed by atoms with Gasteiger partial charge in [0.25, 0.3) is 0 Å². The van der Waals surface area contributed by atoms with Gasteiger partial charge in [-0.15, -0.1) is 0 Å². The minimum Gasteiger partial charge on any atom is -0.492 e. The molecular weight excluding hydrogens is 280 g/mol. The molecule has 0 unspecified atom stereocenters. The highest BCUT2D eigenvalue weighted by molar-refractivity contribution is 9.10. The minimum atomic E-state index is 0.719. The Balaban J connectivity index is 2.74. The molecule has 0 atom stereocenters. The van der Waals surface area contributed by atoms with Crippen molar-refractivity contribution >= 4 is 27.3 Å². The molecule has 3 nitrogen and oxygen atoms in total. The lowest BCUT2D eigenvalue weighted by molar-refractivity contribution is 0.315. The van der Waals surface area contributed by atoms with Gasteiger partial charge in [-0.05, 0) is 34.8 Å². The molecular formula is C13H21BrN2O. The van der Waals surface area contributed by atoms with E-state index >= 15 is 0 Å². The van der Waals surface area contributed by atoms with E-state index in [1.165, 1.54) is 6.42 Å². The molecule has 1 rings (SSSR count). The summed E-state index contributed by atoms with van der Waals surface area (Å²) >= 11 is 3.46. The number of ether oxygens (including phenoxy) is 1. The maximum atomic E-state index is 5.95. The van der Waals surface area contributed by atoms with Gasteiger partial charge in [0.15, 0.2) is 0 Å². The number of nitrogen functional groups attached to an aromatic ring is 1. The van der Waals surface area contributed by atoms with Crippen LogP contribution in [0.25, 0.3) is 0 Å². The van der Waals surface area contributed by atoms with Crippen LogP contribution in [0.2, 0.25) is 0 Å². The van der Waals surface area contributed by atoms with Crippen molar-refractivity contribution in [3.8, 4) is 5.75 Å². The van der Waals surface area contributed by atoms with E-state index < -0.39 is 0 Å². The van der Waals surface area contributed by atoms with E-state index in [1.807, 2.05) is 12.1 Å². The first kappa shape index (κ1) is 14.2. The average molecular weight is 301 g/mol. The molecule has 17 heavy (non-hydrogen) atoms. The Morgan fingerprint density at radius 1 is 1.29 bits per heavy atom. The summed E-state index contributed by atoms with van der Waals surface area (Å²) in [6.45, 7) is 5.92. The smallest absolute Gasteiger partial charge is 0.135 e. The van der Waals surface area contributed by atoms with E-state index in [9.17, 15) is 0 Å². The van der Waals surface area contributed by atoms with E-state index in [0.29, 0.717) is 0 Å². The zero-order valence-corrected chi connectivity index (χ0v) is 12.1. The number of rotatable bonds is 7. The number of benzene rings is 1. The zero-order valence-electron chi connectivity index (χ0n) is 10.6. The Labute approximate surface area is 112 Å². The van der Waals surface area contributed by atoms with Crippen LogP contribution >= 0.6 is 15.9 Å². The molecule has 96 valence electrons.